The lowest BCUT2D eigenvalue weighted by Gasteiger charge is -2.18. The summed E-state index contributed by atoms with van der Waals surface area (Å²) in [5.41, 5.74) is 2.55. The molecule has 0 N–H and O–H groups in total. The van der Waals surface area contributed by atoms with Crippen LogP contribution in [0.5, 0.6) is 0 Å². The first-order valence-electron chi connectivity index (χ1n) is 15.6. The quantitative estimate of drug-likeness (QED) is 0.155. The first-order chi connectivity index (χ1) is 21.3. The van der Waals surface area contributed by atoms with Gasteiger partial charge in [-0.25, -0.2) is 13.3 Å². The number of aryl methyl sites for hydroxylation is 2. The number of pyridine rings is 1. The Morgan fingerprint density at radius 3 is 2.17 bits per heavy atom. The van der Waals surface area contributed by atoms with Gasteiger partial charge in [-0.2, -0.15) is 0 Å². The monoisotopic (exact) mass is 559 g/mol. The zero-order valence-electron chi connectivity index (χ0n) is 27.2. The average molecular weight is 560 g/mol. The SMILES string of the molecule is [2H]c1c(-c2c(F)ccc3c2oc2c(-c4cc(F)c(C([2H])([2H])C(C)(C)C)c[n+]4C)c(C)ccc23)c2ccccc2c2ccccc12. The highest BCUT2D eigenvalue weighted by molar-refractivity contribution is 6.18. The molecule has 2 nitrogen and oxygen atoms in total. The molecule has 5 aromatic carbocycles. The number of nitrogens with zero attached hydrogens (tertiary/aromatic N) is 1. The van der Waals surface area contributed by atoms with Crippen molar-refractivity contribution in [1.29, 1.82) is 0 Å². The Morgan fingerprint density at radius 1 is 0.786 bits per heavy atom. The van der Waals surface area contributed by atoms with Crippen molar-refractivity contribution in [3.8, 4) is 22.4 Å². The largest absolute Gasteiger partial charge is 0.454 e. The van der Waals surface area contributed by atoms with E-state index >= 15 is 8.78 Å². The summed E-state index contributed by atoms with van der Waals surface area (Å²) >= 11 is 0. The summed E-state index contributed by atoms with van der Waals surface area (Å²) in [6.45, 7) is 7.15. The Bertz CT molecular complexity index is 2350. The van der Waals surface area contributed by atoms with Crippen LogP contribution in [0.2, 0.25) is 0 Å². The molecule has 4 heteroatoms. The van der Waals surface area contributed by atoms with Crippen LogP contribution in [0.15, 0.2) is 95.5 Å². The fraction of sp³-hybridized carbons (Fsp3) is 0.184. The number of hydrogen-bond acceptors (Lipinski definition) is 1. The van der Waals surface area contributed by atoms with Gasteiger partial charge in [-0.15, -0.1) is 0 Å². The van der Waals surface area contributed by atoms with E-state index in [1.165, 1.54) is 18.3 Å². The first-order valence-corrected chi connectivity index (χ1v) is 14.1. The third-order valence-electron chi connectivity index (χ3n) is 7.88. The van der Waals surface area contributed by atoms with Gasteiger partial charge in [-0.3, -0.25) is 0 Å². The molecule has 7 aromatic rings. The normalized spacial score (nSPS) is 13.6. The third-order valence-corrected chi connectivity index (χ3v) is 7.88. The molecule has 0 saturated carbocycles. The minimum atomic E-state index is -1.92. The van der Waals surface area contributed by atoms with Crippen LogP contribution in [-0.4, -0.2) is 0 Å². The molecule has 0 atom stereocenters. The van der Waals surface area contributed by atoms with Gasteiger partial charge in [-0.05, 0) is 69.6 Å². The Morgan fingerprint density at radius 2 is 1.43 bits per heavy atom. The van der Waals surface area contributed by atoms with E-state index in [4.69, 9.17) is 7.16 Å². The van der Waals surface area contributed by atoms with Crippen molar-refractivity contribution in [2.75, 3.05) is 0 Å². The summed E-state index contributed by atoms with van der Waals surface area (Å²) in [6.07, 6.45) is -0.410. The highest BCUT2D eigenvalue weighted by Gasteiger charge is 2.26. The van der Waals surface area contributed by atoms with Crippen LogP contribution in [0, 0.1) is 24.0 Å². The molecule has 0 bridgehead atoms. The number of furan rings is 1. The third kappa shape index (κ3) is 4.16. The van der Waals surface area contributed by atoms with Crippen molar-refractivity contribution >= 4 is 43.5 Å². The molecule has 0 fully saturated rings. The lowest BCUT2D eigenvalue weighted by Crippen LogP contribution is -2.33. The van der Waals surface area contributed by atoms with Crippen LogP contribution >= 0.6 is 0 Å². The predicted molar refractivity (Wildman–Crippen MR) is 169 cm³/mol. The zero-order chi connectivity index (χ0) is 32.0. The van der Waals surface area contributed by atoms with E-state index in [0.29, 0.717) is 38.8 Å². The molecule has 7 rings (SSSR count). The molecule has 0 amide bonds. The molecule has 0 unspecified atom stereocenters. The minimum absolute atomic E-state index is 0.0220. The van der Waals surface area contributed by atoms with Crippen LogP contribution in [0.25, 0.3) is 65.9 Å². The topological polar surface area (TPSA) is 17.0 Å². The second-order valence-electron chi connectivity index (χ2n) is 12.0. The lowest BCUT2D eigenvalue weighted by molar-refractivity contribution is -0.661. The van der Waals surface area contributed by atoms with Crippen molar-refractivity contribution in [1.82, 2.24) is 0 Å². The van der Waals surface area contributed by atoms with Crippen LogP contribution in [0.4, 0.5) is 8.78 Å². The summed E-state index contributed by atoms with van der Waals surface area (Å²) in [6, 6.07) is 23.9. The smallest absolute Gasteiger partial charge is 0.219 e. The van der Waals surface area contributed by atoms with Crippen molar-refractivity contribution in [2.24, 2.45) is 12.5 Å². The lowest BCUT2D eigenvalue weighted by atomic mass is 9.88. The molecular weight excluding hydrogens is 524 g/mol. The van der Waals surface area contributed by atoms with Crippen molar-refractivity contribution < 1.29 is 21.9 Å². The molecule has 42 heavy (non-hydrogen) atoms. The van der Waals surface area contributed by atoms with Gasteiger partial charge in [0.2, 0.25) is 5.69 Å². The summed E-state index contributed by atoms with van der Waals surface area (Å²) in [4.78, 5) is 0. The summed E-state index contributed by atoms with van der Waals surface area (Å²) in [5, 5.41) is 4.72. The van der Waals surface area contributed by atoms with Crippen LogP contribution in [-0.2, 0) is 13.4 Å². The zero-order valence-corrected chi connectivity index (χ0v) is 24.2. The van der Waals surface area contributed by atoms with Gasteiger partial charge >= 0.3 is 0 Å². The van der Waals surface area contributed by atoms with Gasteiger partial charge in [0, 0.05) is 19.6 Å². The number of benzene rings is 5. The van der Waals surface area contributed by atoms with E-state index in [-0.39, 0.29) is 17.2 Å². The number of halogens is 2. The molecule has 208 valence electrons. The fourth-order valence-corrected chi connectivity index (χ4v) is 6.06. The maximum atomic E-state index is 16.1. The number of aromatic nitrogens is 1. The Balaban J connectivity index is 1.55. The average Bonchev–Trinajstić information content (AvgIpc) is 3.37. The van der Waals surface area contributed by atoms with E-state index in [2.05, 4.69) is 0 Å². The molecule has 0 aliphatic heterocycles. The molecular formula is C38H32F2NO+. The van der Waals surface area contributed by atoms with Gasteiger partial charge < -0.3 is 4.42 Å². The number of hydrogen-bond donors (Lipinski definition) is 0. The highest BCUT2D eigenvalue weighted by atomic mass is 19.1. The fourth-order valence-electron chi connectivity index (χ4n) is 6.06. The number of rotatable bonds is 3. The van der Waals surface area contributed by atoms with E-state index < -0.39 is 23.4 Å². The van der Waals surface area contributed by atoms with Gasteiger partial charge in [0.1, 0.15) is 29.8 Å². The summed E-state index contributed by atoms with van der Waals surface area (Å²) in [5.74, 6) is -1.15. The van der Waals surface area contributed by atoms with Crippen LogP contribution in [0.1, 0.15) is 36.0 Å². The van der Waals surface area contributed by atoms with Gasteiger partial charge in [0.05, 0.1) is 18.1 Å². The first kappa shape index (κ1) is 23.0. The maximum Gasteiger partial charge on any atom is 0.219 e. The molecule has 0 saturated heterocycles. The maximum absolute atomic E-state index is 16.1. The van der Waals surface area contributed by atoms with E-state index in [1.54, 1.807) is 38.5 Å². The van der Waals surface area contributed by atoms with Crippen molar-refractivity contribution in [2.45, 2.75) is 34.1 Å². The Kier molecular flexibility index (Phi) is 5.20. The standard InChI is InChI=1S/C38H32F2NO/c1-22-14-15-28-29-16-17-31(39)35(30-18-23-10-6-7-11-25(23)26-12-8-9-13-27(26)30)37(29)42-36(28)34(22)33-19-32(40)24(21-41(33)5)20-38(2,3)4/h6-19,21H,20H2,1-5H3/q+1/i18D,20D2. The molecule has 0 radical (unpaired) electrons. The molecule has 2 aromatic heterocycles. The van der Waals surface area contributed by atoms with Crippen LogP contribution in [0.3, 0.4) is 0 Å². The van der Waals surface area contributed by atoms with Crippen molar-refractivity contribution in [3.63, 3.8) is 0 Å². The molecule has 0 spiro atoms. The van der Waals surface area contributed by atoms with Crippen molar-refractivity contribution in [3.05, 3.63) is 114 Å². The second-order valence-corrected chi connectivity index (χ2v) is 12.0. The van der Waals surface area contributed by atoms with Gasteiger partial charge in [0.25, 0.3) is 0 Å². The predicted octanol–water partition coefficient (Wildman–Crippen LogP) is 10.2. The summed E-state index contributed by atoms with van der Waals surface area (Å²) < 4.78 is 66.8. The molecule has 2 heterocycles. The number of fused-ring (bicyclic) bond motifs is 6. The summed E-state index contributed by atoms with van der Waals surface area (Å²) in [7, 11) is 1.76. The van der Waals surface area contributed by atoms with E-state index in [9.17, 15) is 1.37 Å². The molecule has 0 aliphatic carbocycles. The van der Waals surface area contributed by atoms with Gasteiger partial charge in [0.15, 0.2) is 6.20 Å². The van der Waals surface area contributed by atoms with Gasteiger partial charge in [-0.1, -0.05) is 81.4 Å². The van der Waals surface area contributed by atoms with E-state index in [1.807, 2.05) is 67.6 Å². The Hall–Kier alpha value is -4.57. The molecule has 0 aliphatic rings. The Labute approximate surface area is 248 Å². The van der Waals surface area contributed by atoms with E-state index in [0.717, 1.165) is 27.1 Å². The van der Waals surface area contributed by atoms with Crippen LogP contribution < -0.4 is 4.57 Å². The second kappa shape index (κ2) is 9.49. The highest BCUT2D eigenvalue weighted by Crippen LogP contribution is 2.44. The minimum Gasteiger partial charge on any atom is -0.454 e.